The van der Waals surface area contributed by atoms with Crippen molar-refractivity contribution in [1.82, 2.24) is 0 Å². The predicted molar refractivity (Wildman–Crippen MR) is 78.6 cm³/mol. The molecule has 0 fully saturated rings. The van der Waals surface area contributed by atoms with E-state index in [1.807, 2.05) is 6.07 Å². The lowest BCUT2D eigenvalue weighted by atomic mass is 10.2. The standard InChI is InChI=1S/C12H13ClINO3/c1-3-11(18-7(2)16)12(17)15-10-5-4-8(14)6-9(10)13/h4-6,11H,3H2,1-2H3,(H,15,17). The molecular formula is C12H13ClINO3. The van der Waals surface area contributed by atoms with Crippen LogP contribution in [0.15, 0.2) is 18.2 Å². The Bertz CT molecular complexity index is 465. The van der Waals surface area contributed by atoms with Crippen molar-refractivity contribution in [1.29, 1.82) is 0 Å². The van der Waals surface area contributed by atoms with Gasteiger partial charge in [0.15, 0.2) is 6.10 Å². The molecule has 1 unspecified atom stereocenters. The Balaban J connectivity index is 2.76. The van der Waals surface area contributed by atoms with E-state index in [9.17, 15) is 9.59 Å². The highest BCUT2D eigenvalue weighted by Gasteiger charge is 2.20. The first-order valence-electron chi connectivity index (χ1n) is 5.37. The van der Waals surface area contributed by atoms with Crippen LogP contribution in [0.3, 0.4) is 0 Å². The number of amides is 1. The highest BCUT2D eigenvalue weighted by atomic mass is 127. The second-order valence-electron chi connectivity index (χ2n) is 3.62. The first kappa shape index (κ1) is 15.2. The Morgan fingerprint density at radius 2 is 2.17 bits per heavy atom. The van der Waals surface area contributed by atoms with Gasteiger partial charge in [0.05, 0.1) is 10.7 Å². The second-order valence-corrected chi connectivity index (χ2v) is 5.27. The summed E-state index contributed by atoms with van der Waals surface area (Å²) < 4.78 is 5.88. The molecule has 0 aromatic heterocycles. The van der Waals surface area contributed by atoms with Crippen LogP contribution in [0, 0.1) is 3.57 Å². The van der Waals surface area contributed by atoms with Crippen LogP contribution >= 0.6 is 34.2 Å². The van der Waals surface area contributed by atoms with Crippen molar-refractivity contribution in [2.45, 2.75) is 26.4 Å². The van der Waals surface area contributed by atoms with Crippen LogP contribution in [0.25, 0.3) is 0 Å². The third-order valence-corrected chi connectivity index (χ3v) is 3.14. The van der Waals surface area contributed by atoms with Crippen molar-refractivity contribution in [3.63, 3.8) is 0 Å². The predicted octanol–water partition coefficient (Wildman–Crippen LogP) is 3.22. The first-order chi connectivity index (χ1) is 8.43. The summed E-state index contributed by atoms with van der Waals surface area (Å²) in [5.74, 6) is -0.860. The zero-order valence-corrected chi connectivity index (χ0v) is 12.9. The summed E-state index contributed by atoms with van der Waals surface area (Å²) in [5, 5.41) is 3.09. The fourth-order valence-corrected chi connectivity index (χ4v) is 2.23. The Morgan fingerprint density at radius 1 is 1.50 bits per heavy atom. The Kier molecular flexibility index (Phi) is 5.87. The molecule has 1 aromatic carbocycles. The van der Waals surface area contributed by atoms with Crippen LogP contribution in [0.1, 0.15) is 20.3 Å². The minimum atomic E-state index is -0.794. The number of anilines is 1. The minimum absolute atomic E-state index is 0.379. The Hall–Kier alpha value is -0.820. The van der Waals surface area contributed by atoms with Gasteiger partial charge in [-0.05, 0) is 47.2 Å². The molecule has 0 aliphatic rings. The molecule has 0 heterocycles. The number of ether oxygens (including phenoxy) is 1. The van der Waals surface area contributed by atoms with Gasteiger partial charge >= 0.3 is 5.97 Å². The number of benzene rings is 1. The molecule has 4 nitrogen and oxygen atoms in total. The van der Waals surface area contributed by atoms with Gasteiger partial charge in [-0.3, -0.25) is 9.59 Å². The van der Waals surface area contributed by atoms with Crippen molar-refractivity contribution in [3.8, 4) is 0 Å². The summed E-state index contributed by atoms with van der Waals surface area (Å²) in [6.07, 6.45) is -0.384. The maximum atomic E-state index is 11.9. The topological polar surface area (TPSA) is 55.4 Å². The molecule has 0 saturated heterocycles. The maximum Gasteiger partial charge on any atom is 0.303 e. The molecule has 0 saturated carbocycles. The van der Waals surface area contributed by atoms with E-state index in [1.165, 1.54) is 6.92 Å². The van der Waals surface area contributed by atoms with Gasteiger partial charge in [0.1, 0.15) is 0 Å². The van der Waals surface area contributed by atoms with Crippen LogP contribution < -0.4 is 5.32 Å². The van der Waals surface area contributed by atoms with Crippen LogP contribution in [0.2, 0.25) is 5.02 Å². The number of hydrogen-bond acceptors (Lipinski definition) is 3. The van der Waals surface area contributed by atoms with E-state index in [0.29, 0.717) is 17.1 Å². The van der Waals surface area contributed by atoms with Crippen molar-refractivity contribution in [3.05, 3.63) is 26.8 Å². The Morgan fingerprint density at radius 3 is 2.67 bits per heavy atom. The van der Waals surface area contributed by atoms with Crippen LogP contribution in [0.5, 0.6) is 0 Å². The van der Waals surface area contributed by atoms with Gasteiger partial charge in [-0.25, -0.2) is 0 Å². The number of esters is 1. The summed E-state index contributed by atoms with van der Waals surface area (Å²) in [4.78, 5) is 22.7. The van der Waals surface area contributed by atoms with Crippen molar-refractivity contribution in [2.75, 3.05) is 5.32 Å². The van der Waals surface area contributed by atoms with E-state index in [2.05, 4.69) is 27.9 Å². The van der Waals surface area contributed by atoms with Crippen LogP contribution in [-0.4, -0.2) is 18.0 Å². The molecule has 6 heteroatoms. The van der Waals surface area contributed by atoms with Crippen molar-refractivity contribution in [2.24, 2.45) is 0 Å². The van der Waals surface area contributed by atoms with Gasteiger partial charge in [-0.1, -0.05) is 18.5 Å². The van der Waals surface area contributed by atoms with E-state index < -0.39 is 12.1 Å². The second kappa shape index (κ2) is 6.94. The van der Waals surface area contributed by atoms with E-state index >= 15 is 0 Å². The van der Waals surface area contributed by atoms with Crippen molar-refractivity contribution < 1.29 is 14.3 Å². The molecule has 18 heavy (non-hydrogen) atoms. The first-order valence-corrected chi connectivity index (χ1v) is 6.82. The van der Waals surface area contributed by atoms with Gasteiger partial charge in [0.25, 0.3) is 5.91 Å². The lowest BCUT2D eigenvalue weighted by Crippen LogP contribution is -2.31. The van der Waals surface area contributed by atoms with Gasteiger partial charge in [-0.2, -0.15) is 0 Å². The third kappa shape index (κ3) is 4.45. The zero-order valence-electron chi connectivity index (χ0n) is 10.00. The highest BCUT2D eigenvalue weighted by molar-refractivity contribution is 14.1. The van der Waals surface area contributed by atoms with E-state index in [1.54, 1.807) is 19.1 Å². The molecule has 1 aromatic rings. The number of nitrogens with one attached hydrogen (secondary N) is 1. The smallest absolute Gasteiger partial charge is 0.303 e. The summed E-state index contributed by atoms with van der Waals surface area (Å²) in [5.41, 5.74) is 0.507. The lowest BCUT2D eigenvalue weighted by Gasteiger charge is -2.15. The quantitative estimate of drug-likeness (QED) is 0.643. The van der Waals surface area contributed by atoms with E-state index in [4.69, 9.17) is 16.3 Å². The average Bonchev–Trinajstić information content (AvgIpc) is 2.29. The SMILES string of the molecule is CCC(OC(C)=O)C(=O)Nc1ccc(I)cc1Cl. The summed E-state index contributed by atoms with van der Waals surface area (Å²) in [6.45, 7) is 3.04. The summed E-state index contributed by atoms with van der Waals surface area (Å²) in [6, 6.07) is 5.28. The summed E-state index contributed by atoms with van der Waals surface area (Å²) >= 11 is 8.13. The molecule has 1 N–H and O–H groups in total. The van der Waals surface area contributed by atoms with Gasteiger partial charge in [0, 0.05) is 10.5 Å². The van der Waals surface area contributed by atoms with Crippen molar-refractivity contribution >= 4 is 51.8 Å². The monoisotopic (exact) mass is 381 g/mol. The number of carbonyl (C=O) groups excluding carboxylic acids is 2. The molecule has 0 bridgehead atoms. The number of carbonyl (C=O) groups is 2. The molecule has 0 aliphatic carbocycles. The number of hydrogen-bond donors (Lipinski definition) is 1. The van der Waals surface area contributed by atoms with Gasteiger partial charge in [-0.15, -0.1) is 0 Å². The van der Waals surface area contributed by atoms with Gasteiger partial charge < -0.3 is 10.1 Å². The normalized spacial score (nSPS) is 11.8. The molecule has 98 valence electrons. The largest absolute Gasteiger partial charge is 0.452 e. The molecule has 0 radical (unpaired) electrons. The fourth-order valence-electron chi connectivity index (χ4n) is 1.33. The molecule has 0 aliphatic heterocycles. The lowest BCUT2D eigenvalue weighted by molar-refractivity contribution is -0.152. The highest BCUT2D eigenvalue weighted by Crippen LogP contribution is 2.24. The fraction of sp³-hybridized carbons (Fsp3) is 0.333. The number of halogens is 2. The molecule has 1 atom stereocenters. The Labute approximate surface area is 124 Å². The average molecular weight is 382 g/mol. The molecule has 0 spiro atoms. The minimum Gasteiger partial charge on any atom is -0.452 e. The maximum absolute atomic E-state index is 11.9. The molecular weight excluding hydrogens is 368 g/mol. The van der Waals surface area contributed by atoms with E-state index in [-0.39, 0.29) is 5.91 Å². The number of rotatable bonds is 4. The summed E-state index contributed by atoms with van der Waals surface area (Å²) in [7, 11) is 0. The van der Waals surface area contributed by atoms with Crippen LogP contribution in [-0.2, 0) is 14.3 Å². The van der Waals surface area contributed by atoms with E-state index in [0.717, 1.165) is 3.57 Å². The molecule has 1 rings (SSSR count). The van der Waals surface area contributed by atoms with Crippen LogP contribution in [0.4, 0.5) is 5.69 Å². The third-order valence-electron chi connectivity index (χ3n) is 2.16. The molecule has 1 amide bonds. The van der Waals surface area contributed by atoms with Gasteiger partial charge in [0.2, 0.25) is 0 Å². The zero-order chi connectivity index (χ0) is 13.7.